The van der Waals surface area contributed by atoms with Crippen molar-refractivity contribution in [2.45, 2.75) is 43.6 Å². The lowest BCUT2D eigenvalue weighted by molar-refractivity contribution is -0.0592. The molecule has 0 spiro atoms. The van der Waals surface area contributed by atoms with Gasteiger partial charge in [-0.2, -0.15) is 9.61 Å². The Morgan fingerprint density at radius 1 is 1.28 bits per heavy atom. The first kappa shape index (κ1) is 22.9. The van der Waals surface area contributed by atoms with Crippen molar-refractivity contribution >= 4 is 28.4 Å². The number of methoxy groups -OCH3 is 1. The van der Waals surface area contributed by atoms with E-state index in [4.69, 9.17) is 14.5 Å². The first-order valence-electron chi connectivity index (χ1n) is 12.2. The van der Waals surface area contributed by atoms with Gasteiger partial charge in [0.15, 0.2) is 5.65 Å². The van der Waals surface area contributed by atoms with Crippen LogP contribution in [-0.2, 0) is 9.47 Å². The highest BCUT2D eigenvalue weighted by atomic mass is 16.5. The average molecular weight is 492 g/mol. The van der Waals surface area contributed by atoms with Crippen LogP contribution in [0.2, 0.25) is 0 Å². The summed E-state index contributed by atoms with van der Waals surface area (Å²) < 4.78 is 15.1. The SMILES string of the molecule is CNc1cc(-c2cn([C@@H]3CCOC[C@@H]3OC)c3ncccc23)nc2c(C(=O)N[C@H]3CC[C@H]3O)cnn12. The maximum atomic E-state index is 13.0. The van der Waals surface area contributed by atoms with E-state index < -0.39 is 6.10 Å². The zero-order chi connectivity index (χ0) is 24.8. The highest BCUT2D eigenvalue weighted by Crippen LogP contribution is 2.35. The summed E-state index contributed by atoms with van der Waals surface area (Å²) in [6.07, 6.45) is 7.04. The molecule has 5 heterocycles. The third-order valence-corrected chi connectivity index (χ3v) is 7.32. The van der Waals surface area contributed by atoms with Crippen molar-refractivity contribution in [3.8, 4) is 11.3 Å². The first-order chi connectivity index (χ1) is 17.6. The van der Waals surface area contributed by atoms with Gasteiger partial charge in [-0.25, -0.2) is 9.97 Å². The maximum absolute atomic E-state index is 13.0. The van der Waals surface area contributed by atoms with E-state index >= 15 is 0 Å². The van der Waals surface area contributed by atoms with E-state index in [0.717, 1.165) is 29.4 Å². The fraction of sp³-hybridized carbons (Fsp3) is 0.440. The summed E-state index contributed by atoms with van der Waals surface area (Å²) in [4.78, 5) is 22.6. The van der Waals surface area contributed by atoms with Gasteiger partial charge in [0.05, 0.1) is 36.7 Å². The number of rotatable bonds is 6. The zero-order valence-corrected chi connectivity index (χ0v) is 20.2. The molecule has 0 unspecified atom stereocenters. The highest BCUT2D eigenvalue weighted by Gasteiger charge is 2.32. The Kier molecular flexibility index (Phi) is 5.82. The van der Waals surface area contributed by atoms with Gasteiger partial charge in [-0.15, -0.1) is 0 Å². The summed E-state index contributed by atoms with van der Waals surface area (Å²) in [5, 5.41) is 21.3. The number of anilines is 1. The number of amides is 1. The van der Waals surface area contributed by atoms with Gasteiger partial charge in [0.25, 0.3) is 5.91 Å². The Morgan fingerprint density at radius 2 is 2.17 bits per heavy atom. The lowest BCUT2D eigenvalue weighted by Gasteiger charge is -2.32. The molecule has 2 fully saturated rings. The summed E-state index contributed by atoms with van der Waals surface area (Å²) in [6, 6.07) is 5.70. The summed E-state index contributed by atoms with van der Waals surface area (Å²) >= 11 is 0. The molecule has 3 N–H and O–H groups in total. The Labute approximate surface area is 207 Å². The number of hydrogen-bond acceptors (Lipinski definition) is 8. The smallest absolute Gasteiger partial charge is 0.257 e. The molecular weight excluding hydrogens is 462 g/mol. The van der Waals surface area contributed by atoms with Crippen molar-refractivity contribution in [2.24, 2.45) is 0 Å². The van der Waals surface area contributed by atoms with Crippen LogP contribution >= 0.6 is 0 Å². The molecule has 0 aromatic carbocycles. The second-order valence-electron chi connectivity index (χ2n) is 9.32. The molecule has 1 aliphatic heterocycles. The third kappa shape index (κ3) is 3.71. The van der Waals surface area contributed by atoms with Gasteiger partial charge in [-0.3, -0.25) is 4.79 Å². The third-order valence-electron chi connectivity index (χ3n) is 7.32. The molecule has 4 aromatic rings. The normalized spacial score (nSPS) is 24.1. The topological polar surface area (TPSA) is 128 Å². The number of ether oxygens (including phenoxy) is 2. The van der Waals surface area contributed by atoms with Crippen LogP contribution in [-0.4, -0.2) is 80.8 Å². The van der Waals surface area contributed by atoms with Crippen LogP contribution < -0.4 is 10.6 Å². The van der Waals surface area contributed by atoms with Crippen LogP contribution in [0.4, 0.5) is 5.82 Å². The number of carbonyl (C=O) groups is 1. The number of nitrogens with zero attached hydrogens (tertiary/aromatic N) is 5. The lowest BCUT2D eigenvalue weighted by Crippen LogP contribution is -2.50. The minimum atomic E-state index is -0.507. The summed E-state index contributed by atoms with van der Waals surface area (Å²) in [6.45, 7) is 1.19. The lowest BCUT2D eigenvalue weighted by atomic mass is 9.89. The van der Waals surface area contributed by atoms with Crippen LogP contribution in [0.3, 0.4) is 0 Å². The van der Waals surface area contributed by atoms with Crippen molar-refractivity contribution in [2.75, 3.05) is 32.7 Å². The number of carbonyl (C=O) groups excluding carboxylic acids is 1. The molecule has 1 amide bonds. The van der Waals surface area contributed by atoms with Crippen LogP contribution in [0.25, 0.3) is 27.9 Å². The maximum Gasteiger partial charge on any atom is 0.257 e. The van der Waals surface area contributed by atoms with Gasteiger partial charge < -0.3 is 29.8 Å². The summed E-state index contributed by atoms with van der Waals surface area (Å²) in [5.74, 6) is 0.401. The number of nitrogens with one attached hydrogen (secondary N) is 2. The van der Waals surface area contributed by atoms with Crippen LogP contribution in [0, 0.1) is 0 Å². The Hall–Kier alpha value is -3.54. The molecule has 1 saturated heterocycles. The number of pyridine rings is 1. The van der Waals surface area contributed by atoms with Gasteiger partial charge in [-0.1, -0.05) is 0 Å². The second kappa shape index (κ2) is 9.16. The highest BCUT2D eigenvalue weighted by molar-refractivity contribution is 6.01. The second-order valence-corrected chi connectivity index (χ2v) is 9.32. The predicted molar refractivity (Wildman–Crippen MR) is 133 cm³/mol. The van der Waals surface area contributed by atoms with E-state index in [2.05, 4.69) is 31.5 Å². The van der Waals surface area contributed by atoms with E-state index in [-0.39, 0.29) is 24.1 Å². The molecule has 1 aliphatic carbocycles. The van der Waals surface area contributed by atoms with Gasteiger partial charge >= 0.3 is 0 Å². The molecule has 11 nitrogen and oxygen atoms in total. The minimum absolute atomic E-state index is 0.0765. The largest absolute Gasteiger partial charge is 0.391 e. The molecule has 0 radical (unpaired) electrons. The monoisotopic (exact) mass is 491 g/mol. The molecule has 11 heteroatoms. The standard InChI is InChI=1S/C25H29N7O4/c1-26-22-10-18(29-24-15(11-28-32(22)24)25(34)30-17-5-6-20(17)33)16-12-31(23-14(16)4-3-8-27-23)19-7-9-36-13-21(19)35-2/h3-4,8,10-12,17,19-21,26,33H,5-7,9,13H2,1-2H3,(H,30,34)/t17-,19+,20+,21-/m0/s1. The summed E-state index contributed by atoms with van der Waals surface area (Å²) in [7, 11) is 3.51. The molecule has 2 aliphatic rings. The molecule has 4 atom stereocenters. The quantitative estimate of drug-likeness (QED) is 0.374. The van der Waals surface area contributed by atoms with Crippen molar-refractivity contribution in [3.63, 3.8) is 0 Å². The van der Waals surface area contributed by atoms with Crippen LogP contribution in [0.15, 0.2) is 36.8 Å². The van der Waals surface area contributed by atoms with Gasteiger partial charge in [-0.05, 0) is 31.4 Å². The van der Waals surface area contributed by atoms with E-state index in [1.807, 2.05) is 18.2 Å². The molecule has 0 bridgehead atoms. The fourth-order valence-electron chi connectivity index (χ4n) is 5.12. The summed E-state index contributed by atoms with van der Waals surface area (Å²) in [5.41, 5.74) is 3.25. The van der Waals surface area contributed by atoms with Gasteiger partial charge in [0, 0.05) is 50.2 Å². The number of aliphatic hydroxyl groups excluding tert-OH is 1. The number of fused-ring (bicyclic) bond motifs is 2. The number of hydrogen-bond donors (Lipinski definition) is 3. The molecule has 6 rings (SSSR count). The zero-order valence-electron chi connectivity index (χ0n) is 20.2. The van der Waals surface area contributed by atoms with Gasteiger partial charge in [0.1, 0.15) is 23.1 Å². The Balaban J connectivity index is 1.47. The van der Waals surface area contributed by atoms with E-state index in [9.17, 15) is 9.90 Å². The van der Waals surface area contributed by atoms with E-state index in [1.165, 1.54) is 6.20 Å². The fourth-order valence-corrected chi connectivity index (χ4v) is 5.12. The molecule has 36 heavy (non-hydrogen) atoms. The van der Waals surface area contributed by atoms with Crippen LogP contribution in [0.1, 0.15) is 35.7 Å². The number of aromatic nitrogens is 5. The van der Waals surface area contributed by atoms with E-state index in [1.54, 1.807) is 24.9 Å². The molecule has 1 saturated carbocycles. The number of aliphatic hydroxyl groups is 1. The predicted octanol–water partition coefficient (Wildman–Crippen LogP) is 2.02. The van der Waals surface area contributed by atoms with E-state index in [0.29, 0.717) is 42.4 Å². The van der Waals surface area contributed by atoms with Crippen molar-refractivity contribution in [3.05, 3.63) is 42.4 Å². The van der Waals surface area contributed by atoms with Crippen molar-refractivity contribution in [1.82, 2.24) is 29.5 Å². The van der Waals surface area contributed by atoms with Gasteiger partial charge in [0.2, 0.25) is 0 Å². The van der Waals surface area contributed by atoms with Crippen molar-refractivity contribution < 1.29 is 19.4 Å². The Bertz CT molecular complexity index is 1430. The molecule has 4 aromatic heterocycles. The average Bonchev–Trinajstić information content (AvgIpc) is 3.52. The minimum Gasteiger partial charge on any atom is -0.391 e. The molecular formula is C25H29N7O4. The Morgan fingerprint density at radius 3 is 2.92 bits per heavy atom. The van der Waals surface area contributed by atoms with Crippen molar-refractivity contribution in [1.29, 1.82) is 0 Å². The first-order valence-corrected chi connectivity index (χ1v) is 12.2. The van der Waals surface area contributed by atoms with Crippen LogP contribution in [0.5, 0.6) is 0 Å². The molecule has 188 valence electrons.